The molecule has 1 aromatic rings. The lowest BCUT2D eigenvalue weighted by Crippen LogP contribution is -2.44. The Morgan fingerprint density at radius 2 is 2.25 bits per heavy atom. The normalized spacial score (nSPS) is 19.5. The van der Waals surface area contributed by atoms with E-state index in [1.165, 1.54) is 6.26 Å². The molecule has 0 aliphatic carbocycles. The first-order valence-corrected chi connectivity index (χ1v) is 10.8. The van der Waals surface area contributed by atoms with Gasteiger partial charge in [0.1, 0.15) is 5.84 Å². The number of halogens is 1. The van der Waals surface area contributed by atoms with Gasteiger partial charge < -0.3 is 10.6 Å². The number of hydrogen-bond donors (Lipinski definition) is 2. The van der Waals surface area contributed by atoms with Crippen molar-refractivity contribution in [3.63, 3.8) is 0 Å². The maximum atomic E-state index is 11.3. The Bertz CT molecular complexity index is 706. The van der Waals surface area contributed by atoms with Crippen LogP contribution in [0.3, 0.4) is 0 Å². The lowest BCUT2D eigenvalue weighted by Gasteiger charge is -2.35. The Kier molecular flexibility index (Phi) is 6.65. The molecular formula is C16H25BrN4O2S. The van der Waals surface area contributed by atoms with Gasteiger partial charge in [-0.3, -0.25) is 4.99 Å². The topological polar surface area (TPSA) is 87.8 Å². The number of amidine groups is 1. The van der Waals surface area contributed by atoms with Crippen molar-refractivity contribution in [1.82, 2.24) is 9.62 Å². The van der Waals surface area contributed by atoms with Crippen LogP contribution in [-0.2, 0) is 10.0 Å². The molecule has 0 saturated carbocycles. The average Bonchev–Trinajstić information content (AvgIpc) is 2.51. The van der Waals surface area contributed by atoms with Gasteiger partial charge in [-0.2, -0.15) is 0 Å². The Balaban J connectivity index is 2.17. The van der Waals surface area contributed by atoms with Crippen LogP contribution in [0.5, 0.6) is 0 Å². The highest BCUT2D eigenvalue weighted by molar-refractivity contribution is 9.10. The Labute approximate surface area is 152 Å². The fourth-order valence-electron chi connectivity index (χ4n) is 2.94. The predicted molar refractivity (Wildman–Crippen MR) is 103 cm³/mol. The minimum atomic E-state index is -3.16. The molecule has 1 aliphatic rings. The molecule has 1 aromatic carbocycles. The van der Waals surface area contributed by atoms with E-state index in [0.29, 0.717) is 18.8 Å². The van der Waals surface area contributed by atoms with Crippen LogP contribution < -0.4 is 10.5 Å². The molecule has 8 heteroatoms. The number of nitrogens with one attached hydrogen (secondary N) is 1. The molecular weight excluding hydrogens is 392 g/mol. The largest absolute Gasteiger partial charge is 0.398 e. The third kappa shape index (κ3) is 5.46. The summed E-state index contributed by atoms with van der Waals surface area (Å²) in [4.78, 5) is 6.88. The van der Waals surface area contributed by atoms with Crippen LogP contribution in [0.4, 0.5) is 5.69 Å². The summed E-state index contributed by atoms with van der Waals surface area (Å²) < 4.78 is 26.2. The van der Waals surface area contributed by atoms with Crippen LogP contribution in [0.25, 0.3) is 0 Å². The van der Waals surface area contributed by atoms with E-state index in [1.54, 1.807) is 0 Å². The molecule has 24 heavy (non-hydrogen) atoms. The quantitative estimate of drug-likeness (QED) is 0.436. The van der Waals surface area contributed by atoms with Gasteiger partial charge in [0.25, 0.3) is 0 Å². The standard InChI is InChI=1S/C16H25BrN4O2S/c1-3-19-16(14-7-6-13(17)9-15(14)18)21-8-4-5-12(11-21)10-20-24(2,22)23/h6-7,9,12,20H,3-5,8,10-11,18H2,1-2H3. The molecule has 6 nitrogen and oxygen atoms in total. The third-order valence-corrected chi connectivity index (χ3v) is 5.20. The summed E-state index contributed by atoms with van der Waals surface area (Å²) in [7, 11) is -3.16. The van der Waals surface area contributed by atoms with Crippen LogP contribution in [0.1, 0.15) is 25.3 Å². The van der Waals surface area contributed by atoms with Crippen LogP contribution in [0.2, 0.25) is 0 Å². The molecule has 1 aliphatic heterocycles. The van der Waals surface area contributed by atoms with Crippen molar-refractivity contribution < 1.29 is 8.42 Å². The van der Waals surface area contributed by atoms with Gasteiger partial charge in [-0.05, 0) is 43.9 Å². The van der Waals surface area contributed by atoms with E-state index in [0.717, 1.165) is 41.8 Å². The Morgan fingerprint density at radius 3 is 2.88 bits per heavy atom. The molecule has 0 radical (unpaired) electrons. The highest BCUT2D eigenvalue weighted by Crippen LogP contribution is 2.24. The maximum absolute atomic E-state index is 11.3. The van der Waals surface area contributed by atoms with Crippen molar-refractivity contribution in [2.75, 3.05) is 38.2 Å². The second kappa shape index (κ2) is 8.31. The average molecular weight is 417 g/mol. The van der Waals surface area contributed by atoms with Gasteiger partial charge in [0.2, 0.25) is 10.0 Å². The van der Waals surface area contributed by atoms with Gasteiger partial charge in [0, 0.05) is 41.9 Å². The number of nitrogen functional groups attached to an aromatic ring is 1. The minimum Gasteiger partial charge on any atom is -0.398 e. The molecule has 0 spiro atoms. The smallest absolute Gasteiger partial charge is 0.208 e. The number of nitrogens with zero attached hydrogens (tertiary/aromatic N) is 2. The van der Waals surface area contributed by atoms with Crippen molar-refractivity contribution in [2.45, 2.75) is 19.8 Å². The van der Waals surface area contributed by atoms with E-state index in [1.807, 2.05) is 25.1 Å². The molecule has 1 unspecified atom stereocenters. The second-order valence-electron chi connectivity index (χ2n) is 6.10. The van der Waals surface area contributed by atoms with Crippen molar-refractivity contribution in [3.05, 3.63) is 28.2 Å². The zero-order valence-electron chi connectivity index (χ0n) is 14.1. The molecule has 1 atom stereocenters. The van der Waals surface area contributed by atoms with E-state index in [9.17, 15) is 8.42 Å². The zero-order valence-corrected chi connectivity index (χ0v) is 16.5. The van der Waals surface area contributed by atoms with Gasteiger partial charge in [-0.15, -0.1) is 0 Å². The van der Waals surface area contributed by atoms with Gasteiger partial charge in [-0.25, -0.2) is 13.1 Å². The van der Waals surface area contributed by atoms with E-state index >= 15 is 0 Å². The Morgan fingerprint density at radius 1 is 1.50 bits per heavy atom. The summed E-state index contributed by atoms with van der Waals surface area (Å²) in [5, 5.41) is 0. The summed E-state index contributed by atoms with van der Waals surface area (Å²) in [6.07, 6.45) is 3.21. The van der Waals surface area contributed by atoms with E-state index in [4.69, 9.17) is 5.73 Å². The maximum Gasteiger partial charge on any atom is 0.208 e. The summed E-state index contributed by atoms with van der Waals surface area (Å²) in [6.45, 7) is 4.82. The number of nitrogens with two attached hydrogens (primary N) is 1. The van der Waals surface area contributed by atoms with Crippen molar-refractivity contribution >= 4 is 37.5 Å². The Hall–Kier alpha value is -1.12. The number of benzene rings is 1. The molecule has 0 bridgehead atoms. The first-order valence-electron chi connectivity index (χ1n) is 8.09. The second-order valence-corrected chi connectivity index (χ2v) is 8.85. The number of piperidine rings is 1. The number of rotatable bonds is 5. The van der Waals surface area contributed by atoms with Gasteiger partial charge >= 0.3 is 0 Å². The van der Waals surface area contributed by atoms with Crippen LogP contribution >= 0.6 is 15.9 Å². The molecule has 2 rings (SSSR count). The predicted octanol–water partition coefficient (Wildman–Crippen LogP) is 2.06. The van der Waals surface area contributed by atoms with E-state index in [-0.39, 0.29) is 5.92 Å². The first-order chi connectivity index (χ1) is 11.3. The van der Waals surface area contributed by atoms with E-state index < -0.39 is 10.0 Å². The summed E-state index contributed by atoms with van der Waals surface area (Å²) in [6, 6.07) is 5.82. The SMILES string of the molecule is CCN=C(c1ccc(Br)cc1N)N1CCCC(CNS(C)(=O)=O)C1. The highest BCUT2D eigenvalue weighted by Gasteiger charge is 2.24. The number of hydrogen-bond acceptors (Lipinski definition) is 4. The van der Waals surface area contributed by atoms with Crippen molar-refractivity contribution in [3.8, 4) is 0 Å². The molecule has 0 aromatic heterocycles. The fraction of sp³-hybridized carbons (Fsp3) is 0.562. The molecule has 1 saturated heterocycles. The number of sulfonamides is 1. The summed E-state index contributed by atoms with van der Waals surface area (Å²) in [5.74, 6) is 1.17. The van der Waals surface area contributed by atoms with Crippen molar-refractivity contribution in [1.29, 1.82) is 0 Å². The van der Waals surface area contributed by atoms with Crippen molar-refractivity contribution in [2.24, 2.45) is 10.9 Å². The summed E-state index contributed by atoms with van der Waals surface area (Å²) in [5.41, 5.74) is 7.80. The number of likely N-dealkylation sites (tertiary alicyclic amines) is 1. The zero-order chi connectivity index (χ0) is 17.7. The number of aliphatic imine (C=N–C) groups is 1. The lowest BCUT2D eigenvalue weighted by atomic mass is 9.97. The summed E-state index contributed by atoms with van der Waals surface area (Å²) >= 11 is 3.43. The molecule has 3 N–H and O–H groups in total. The van der Waals surface area contributed by atoms with Crippen LogP contribution in [0.15, 0.2) is 27.7 Å². The van der Waals surface area contributed by atoms with Crippen LogP contribution in [-0.4, -0.2) is 51.6 Å². The first kappa shape index (κ1) is 19.2. The molecule has 0 amide bonds. The lowest BCUT2D eigenvalue weighted by molar-refractivity contribution is 0.259. The minimum absolute atomic E-state index is 0.271. The fourth-order valence-corrected chi connectivity index (χ4v) is 3.85. The van der Waals surface area contributed by atoms with Gasteiger partial charge in [0.15, 0.2) is 0 Å². The highest BCUT2D eigenvalue weighted by atomic mass is 79.9. The number of anilines is 1. The monoisotopic (exact) mass is 416 g/mol. The van der Waals surface area contributed by atoms with E-state index in [2.05, 4.69) is 30.5 Å². The van der Waals surface area contributed by atoms with Gasteiger partial charge in [0.05, 0.1) is 6.26 Å². The molecule has 1 heterocycles. The van der Waals surface area contributed by atoms with Gasteiger partial charge in [-0.1, -0.05) is 15.9 Å². The molecule has 1 fully saturated rings. The third-order valence-electron chi connectivity index (χ3n) is 4.02. The van der Waals surface area contributed by atoms with Crippen LogP contribution in [0, 0.1) is 5.92 Å². The molecule has 134 valence electrons.